The van der Waals surface area contributed by atoms with E-state index in [1.54, 1.807) is 7.11 Å². The minimum Gasteiger partial charge on any atom is -0.495 e. The van der Waals surface area contributed by atoms with Gasteiger partial charge < -0.3 is 15.2 Å². The summed E-state index contributed by atoms with van der Waals surface area (Å²) in [6.07, 6.45) is 0.0943. The largest absolute Gasteiger partial charge is 0.495 e. The summed E-state index contributed by atoms with van der Waals surface area (Å²) in [4.78, 5) is 10.3. The van der Waals surface area contributed by atoms with Crippen molar-refractivity contribution in [3.8, 4) is 5.75 Å². The van der Waals surface area contributed by atoms with E-state index in [1.807, 2.05) is 25.1 Å². The molecular formula is C11H15NO3. The number of anilines is 1. The van der Waals surface area contributed by atoms with E-state index in [9.17, 15) is 4.79 Å². The van der Waals surface area contributed by atoms with Gasteiger partial charge in [0.1, 0.15) is 5.75 Å². The van der Waals surface area contributed by atoms with Crippen LogP contribution in [-0.4, -0.2) is 24.7 Å². The predicted octanol–water partition coefficient (Wildman–Crippen LogP) is 1.89. The highest BCUT2D eigenvalue weighted by molar-refractivity contribution is 5.68. The molecule has 2 N–H and O–H groups in total. The van der Waals surface area contributed by atoms with Gasteiger partial charge in [-0.15, -0.1) is 0 Å². The lowest BCUT2D eigenvalue weighted by atomic mass is 10.2. The van der Waals surface area contributed by atoms with Crippen molar-refractivity contribution in [2.75, 3.05) is 19.0 Å². The van der Waals surface area contributed by atoms with E-state index in [-0.39, 0.29) is 6.42 Å². The molecular weight excluding hydrogens is 194 g/mol. The van der Waals surface area contributed by atoms with Gasteiger partial charge in [0.15, 0.2) is 0 Å². The lowest BCUT2D eigenvalue weighted by molar-refractivity contribution is -0.136. The molecule has 0 heterocycles. The number of carbonyl (C=O) groups is 1. The van der Waals surface area contributed by atoms with Crippen molar-refractivity contribution >= 4 is 11.7 Å². The maximum absolute atomic E-state index is 10.3. The summed E-state index contributed by atoms with van der Waals surface area (Å²) in [7, 11) is 1.59. The molecule has 1 aromatic carbocycles. The van der Waals surface area contributed by atoms with E-state index >= 15 is 0 Å². The summed E-state index contributed by atoms with van der Waals surface area (Å²) in [5.74, 6) is -0.0750. The third kappa shape index (κ3) is 3.50. The summed E-state index contributed by atoms with van der Waals surface area (Å²) < 4.78 is 5.17. The monoisotopic (exact) mass is 209 g/mol. The summed E-state index contributed by atoms with van der Waals surface area (Å²) in [6.45, 7) is 2.37. The van der Waals surface area contributed by atoms with Crippen molar-refractivity contribution < 1.29 is 14.6 Å². The molecule has 4 heteroatoms. The number of benzene rings is 1. The van der Waals surface area contributed by atoms with E-state index in [4.69, 9.17) is 9.84 Å². The molecule has 4 nitrogen and oxygen atoms in total. The molecule has 1 rings (SSSR count). The number of carboxylic acid groups (broad SMARTS) is 1. The fraction of sp³-hybridized carbons (Fsp3) is 0.364. The Morgan fingerprint density at radius 1 is 1.53 bits per heavy atom. The van der Waals surface area contributed by atoms with Crippen LogP contribution < -0.4 is 10.1 Å². The first-order valence-corrected chi connectivity index (χ1v) is 4.74. The predicted molar refractivity (Wildman–Crippen MR) is 58.5 cm³/mol. The molecule has 0 fully saturated rings. The Labute approximate surface area is 88.9 Å². The highest BCUT2D eigenvalue weighted by Gasteiger charge is 2.03. The molecule has 0 bridgehead atoms. The molecule has 0 aliphatic heterocycles. The van der Waals surface area contributed by atoms with E-state index in [1.165, 1.54) is 0 Å². The fourth-order valence-electron chi connectivity index (χ4n) is 1.25. The van der Waals surface area contributed by atoms with Gasteiger partial charge in [0.2, 0.25) is 0 Å². The number of aliphatic carboxylic acids is 1. The molecule has 0 radical (unpaired) electrons. The molecule has 1 aromatic rings. The quantitative estimate of drug-likeness (QED) is 0.777. The number of hydrogen-bond donors (Lipinski definition) is 2. The summed E-state index contributed by atoms with van der Waals surface area (Å²) >= 11 is 0. The standard InChI is InChI=1S/C11H15NO3/c1-8-3-4-9(10(7-8)15-2)12-6-5-11(13)14/h3-4,7,12H,5-6H2,1-2H3,(H,13,14). The van der Waals surface area contributed by atoms with E-state index in [2.05, 4.69) is 5.32 Å². The molecule has 0 unspecified atom stereocenters. The molecule has 15 heavy (non-hydrogen) atoms. The number of ether oxygens (including phenoxy) is 1. The lowest BCUT2D eigenvalue weighted by Gasteiger charge is -2.10. The van der Waals surface area contributed by atoms with Crippen LogP contribution in [0.3, 0.4) is 0 Å². The minimum atomic E-state index is -0.812. The Morgan fingerprint density at radius 2 is 2.27 bits per heavy atom. The Kier molecular flexibility index (Phi) is 3.97. The third-order valence-corrected chi connectivity index (χ3v) is 2.01. The van der Waals surface area contributed by atoms with Crippen LogP contribution in [0.15, 0.2) is 18.2 Å². The average molecular weight is 209 g/mol. The molecule has 82 valence electrons. The number of aryl methyl sites for hydroxylation is 1. The zero-order valence-corrected chi connectivity index (χ0v) is 8.91. The van der Waals surface area contributed by atoms with Crippen LogP contribution in [0.5, 0.6) is 5.75 Å². The van der Waals surface area contributed by atoms with Crippen molar-refractivity contribution in [3.05, 3.63) is 23.8 Å². The highest BCUT2D eigenvalue weighted by atomic mass is 16.5. The lowest BCUT2D eigenvalue weighted by Crippen LogP contribution is -2.08. The number of hydrogen-bond acceptors (Lipinski definition) is 3. The second kappa shape index (κ2) is 5.24. The summed E-state index contributed by atoms with van der Waals surface area (Å²) in [6, 6.07) is 5.74. The van der Waals surface area contributed by atoms with Crippen LogP contribution in [0.1, 0.15) is 12.0 Å². The van der Waals surface area contributed by atoms with E-state index in [0.717, 1.165) is 17.0 Å². The Morgan fingerprint density at radius 3 is 2.87 bits per heavy atom. The zero-order valence-electron chi connectivity index (χ0n) is 8.91. The van der Waals surface area contributed by atoms with Crippen LogP contribution in [0.25, 0.3) is 0 Å². The SMILES string of the molecule is COc1cc(C)ccc1NCCC(=O)O. The van der Waals surface area contributed by atoms with Gasteiger partial charge in [-0.25, -0.2) is 0 Å². The molecule has 0 aliphatic carbocycles. The highest BCUT2D eigenvalue weighted by Crippen LogP contribution is 2.24. The second-order valence-electron chi connectivity index (χ2n) is 3.27. The summed E-state index contributed by atoms with van der Waals surface area (Å²) in [5.41, 5.74) is 1.93. The van der Waals surface area contributed by atoms with Crippen LogP contribution in [0.2, 0.25) is 0 Å². The topological polar surface area (TPSA) is 58.6 Å². The van der Waals surface area contributed by atoms with Gasteiger partial charge >= 0.3 is 5.97 Å². The van der Waals surface area contributed by atoms with Crippen LogP contribution >= 0.6 is 0 Å². The molecule has 0 atom stereocenters. The van der Waals surface area contributed by atoms with Gasteiger partial charge in [0, 0.05) is 6.54 Å². The normalized spacial score (nSPS) is 9.73. The molecule has 0 saturated carbocycles. The van der Waals surface area contributed by atoms with E-state index in [0.29, 0.717) is 6.54 Å². The fourth-order valence-corrected chi connectivity index (χ4v) is 1.25. The third-order valence-electron chi connectivity index (χ3n) is 2.01. The Hall–Kier alpha value is -1.71. The second-order valence-corrected chi connectivity index (χ2v) is 3.27. The van der Waals surface area contributed by atoms with E-state index < -0.39 is 5.97 Å². The first-order chi connectivity index (χ1) is 7.13. The Balaban J connectivity index is 2.63. The van der Waals surface area contributed by atoms with Crippen molar-refractivity contribution in [1.82, 2.24) is 0 Å². The molecule has 0 aliphatic rings. The Bertz CT molecular complexity index is 350. The van der Waals surface area contributed by atoms with Gasteiger partial charge in [0.05, 0.1) is 19.2 Å². The van der Waals surface area contributed by atoms with Gasteiger partial charge in [-0.2, -0.15) is 0 Å². The molecule has 0 saturated heterocycles. The molecule has 0 spiro atoms. The number of methoxy groups -OCH3 is 1. The van der Waals surface area contributed by atoms with Gasteiger partial charge in [-0.05, 0) is 24.6 Å². The van der Waals surface area contributed by atoms with Gasteiger partial charge in [0.25, 0.3) is 0 Å². The van der Waals surface area contributed by atoms with Crippen molar-refractivity contribution in [1.29, 1.82) is 0 Å². The average Bonchev–Trinajstić information content (AvgIpc) is 2.19. The van der Waals surface area contributed by atoms with Crippen molar-refractivity contribution in [2.45, 2.75) is 13.3 Å². The van der Waals surface area contributed by atoms with Crippen LogP contribution in [0.4, 0.5) is 5.69 Å². The van der Waals surface area contributed by atoms with Crippen molar-refractivity contribution in [3.63, 3.8) is 0 Å². The van der Waals surface area contributed by atoms with Crippen molar-refractivity contribution in [2.24, 2.45) is 0 Å². The van der Waals surface area contributed by atoms with Crippen LogP contribution in [-0.2, 0) is 4.79 Å². The number of nitrogens with one attached hydrogen (secondary N) is 1. The number of carboxylic acids is 1. The molecule has 0 aromatic heterocycles. The minimum absolute atomic E-state index is 0.0943. The zero-order chi connectivity index (χ0) is 11.3. The van der Waals surface area contributed by atoms with Crippen LogP contribution in [0, 0.1) is 6.92 Å². The van der Waals surface area contributed by atoms with Gasteiger partial charge in [-0.3, -0.25) is 4.79 Å². The maximum Gasteiger partial charge on any atom is 0.305 e. The maximum atomic E-state index is 10.3. The first kappa shape index (κ1) is 11.4. The van der Waals surface area contributed by atoms with Gasteiger partial charge in [-0.1, -0.05) is 6.07 Å². The molecule has 0 amide bonds. The first-order valence-electron chi connectivity index (χ1n) is 4.74. The number of rotatable bonds is 5. The summed E-state index contributed by atoms with van der Waals surface area (Å²) in [5, 5.41) is 11.5. The smallest absolute Gasteiger partial charge is 0.305 e.